The molecule has 0 bridgehead atoms. The molecule has 0 atom stereocenters. The Labute approximate surface area is 124 Å². The van der Waals surface area contributed by atoms with Crippen LogP contribution in [0.5, 0.6) is 0 Å². The molecular formula is C16H21BrN2. The first-order valence-electron chi connectivity index (χ1n) is 7.03. The van der Waals surface area contributed by atoms with Gasteiger partial charge in [0.2, 0.25) is 0 Å². The molecule has 0 aliphatic heterocycles. The van der Waals surface area contributed by atoms with Crippen LogP contribution in [-0.4, -0.2) is 18.4 Å². The number of benzene rings is 1. The quantitative estimate of drug-likeness (QED) is 0.728. The Balaban J connectivity index is 2.12. The zero-order chi connectivity index (χ0) is 13.6. The first-order chi connectivity index (χ1) is 9.29. The highest BCUT2D eigenvalue weighted by Gasteiger charge is 2.34. The van der Waals surface area contributed by atoms with Crippen molar-refractivity contribution in [2.24, 2.45) is 5.41 Å². The van der Waals surface area contributed by atoms with Crippen LogP contribution in [0.15, 0.2) is 30.3 Å². The lowest BCUT2D eigenvalue weighted by atomic mass is 9.88. The van der Waals surface area contributed by atoms with E-state index in [1.54, 1.807) is 0 Å². The van der Waals surface area contributed by atoms with Crippen molar-refractivity contribution in [3.8, 4) is 6.07 Å². The topological polar surface area (TPSA) is 27.0 Å². The lowest BCUT2D eigenvalue weighted by Gasteiger charge is -2.35. The maximum Gasteiger partial charge on any atom is 0.0640 e. The van der Waals surface area contributed by atoms with Gasteiger partial charge in [0, 0.05) is 24.1 Å². The van der Waals surface area contributed by atoms with E-state index in [9.17, 15) is 0 Å². The van der Waals surface area contributed by atoms with Crippen molar-refractivity contribution < 1.29 is 0 Å². The van der Waals surface area contributed by atoms with Crippen molar-refractivity contribution >= 4 is 21.6 Å². The van der Waals surface area contributed by atoms with Gasteiger partial charge >= 0.3 is 0 Å². The molecule has 2 nitrogen and oxygen atoms in total. The number of hydrogen-bond acceptors (Lipinski definition) is 2. The minimum atomic E-state index is 0.394. The Hall–Kier alpha value is -1.01. The summed E-state index contributed by atoms with van der Waals surface area (Å²) in [5.74, 6) is 0. The summed E-state index contributed by atoms with van der Waals surface area (Å²) < 4.78 is 0. The molecule has 19 heavy (non-hydrogen) atoms. The second kappa shape index (κ2) is 6.96. The highest BCUT2D eigenvalue weighted by Crippen LogP contribution is 2.41. The molecule has 1 fully saturated rings. The summed E-state index contributed by atoms with van der Waals surface area (Å²) in [5, 5.41) is 9.92. The van der Waals surface area contributed by atoms with E-state index in [0.717, 1.165) is 18.4 Å². The van der Waals surface area contributed by atoms with E-state index in [2.05, 4.69) is 51.2 Å². The van der Waals surface area contributed by atoms with E-state index < -0.39 is 0 Å². The Morgan fingerprint density at radius 3 is 2.47 bits per heavy atom. The maximum absolute atomic E-state index is 8.86. The van der Waals surface area contributed by atoms with Gasteiger partial charge in [-0.1, -0.05) is 47.0 Å². The van der Waals surface area contributed by atoms with Crippen molar-refractivity contribution in [2.45, 2.75) is 32.1 Å². The lowest BCUT2D eigenvalue weighted by molar-refractivity contribution is 0.350. The molecule has 102 valence electrons. The molecule has 0 aromatic heterocycles. The Bertz CT molecular complexity index is 418. The Morgan fingerprint density at radius 1 is 1.21 bits per heavy atom. The highest BCUT2D eigenvalue weighted by atomic mass is 79.9. The van der Waals surface area contributed by atoms with E-state index in [1.165, 1.54) is 31.4 Å². The molecule has 1 aromatic carbocycles. The zero-order valence-electron chi connectivity index (χ0n) is 11.3. The molecule has 3 heteroatoms. The Kier molecular flexibility index (Phi) is 5.27. The van der Waals surface area contributed by atoms with Crippen LogP contribution in [0.2, 0.25) is 0 Å². The van der Waals surface area contributed by atoms with Gasteiger partial charge in [0.1, 0.15) is 0 Å². The lowest BCUT2D eigenvalue weighted by Crippen LogP contribution is -2.38. The molecule has 1 saturated carbocycles. The molecule has 0 saturated heterocycles. The van der Waals surface area contributed by atoms with Gasteiger partial charge in [0.15, 0.2) is 0 Å². The van der Waals surface area contributed by atoms with Gasteiger partial charge in [0.25, 0.3) is 0 Å². The average Bonchev–Trinajstić information content (AvgIpc) is 2.93. The van der Waals surface area contributed by atoms with Crippen molar-refractivity contribution in [3.63, 3.8) is 0 Å². The Morgan fingerprint density at radius 2 is 1.89 bits per heavy atom. The first-order valence-corrected chi connectivity index (χ1v) is 8.15. The summed E-state index contributed by atoms with van der Waals surface area (Å²) >= 11 is 3.71. The van der Waals surface area contributed by atoms with Crippen molar-refractivity contribution in [3.05, 3.63) is 30.3 Å². The summed E-state index contributed by atoms with van der Waals surface area (Å²) in [6.45, 7) is 1.89. The van der Waals surface area contributed by atoms with Crippen LogP contribution in [0.4, 0.5) is 5.69 Å². The van der Waals surface area contributed by atoms with Gasteiger partial charge in [-0.05, 0) is 30.4 Å². The van der Waals surface area contributed by atoms with E-state index in [1.807, 2.05) is 6.07 Å². The fourth-order valence-corrected chi connectivity index (χ4v) is 3.73. The molecule has 0 unspecified atom stereocenters. The van der Waals surface area contributed by atoms with Crippen LogP contribution in [0.1, 0.15) is 32.1 Å². The monoisotopic (exact) mass is 320 g/mol. The standard InChI is InChI=1S/C16H21BrN2/c17-13-16(9-4-5-10-16)14-19(12-6-11-18)15-7-2-1-3-8-15/h1-3,7-8H,4-6,9-10,12-14H2. The van der Waals surface area contributed by atoms with Crippen LogP contribution < -0.4 is 4.90 Å². The van der Waals surface area contributed by atoms with E-state index >= 15 is 0 Å². The molecule has 0 N–H and O–H groups in total. The first kappa shape index (κ1) is 14.4. The molecule has 1 aromatic rings. The number of rotatable bonds is 6. The minimum Gasteiger partial charge on any atom is -0.370 e. The number of nitriles is 1. The van der Waals surface area contributed by atoms with Crippen LogP contribution in [0.3, 0.4) is 0 Å². The number of halogens is 1. The van der Waals surface area contributed by atoms with Crippen LogP contribution in [0.25, 0.3) is 0 Å². The molecule has 2 rings (SSSR count). The second-order valence-electron chi connectivity index (χ2n) is 5.51. The van der Waals surface area contributed by atoms with Crippen LogP contribution >= 0.6 is 15.9 Å². The SMILES string of the molecule is N#CCCN(CC1(CBr)CCCC1)c1ccccc1. The van der Waals surface area contributed by atoms with Gasteiger partial charge < -0.3 is 4.90 Å². The zero-order valence-corrected chi connectivity index (χ0v) is 12.9. The fraction of sp³-hybridized carbons (Fsp3) is 0.562. The highest BCUT2D eigenvalue weighted by molar-refractivity contribution is 9.09. The molecule has 0 amide bonds. The molecule has 0 radical (unpaired) electrons. The molecule has 0 spiro atoms. The summed E-state index contributed by atoms with van der Waals surface area (Å²) in [7, 11) is 0. The second-order valence-corrected chi connectivity index (χ2v) is 6.07. The van der Waals surface area contributed by atoms with E-state index in [0.29, 0.717) is 11.8 Å². The van der Waals surface area contributed by atoms with Crippen LogP contribution in [-0.2, 0) is 0 Å². The average molecular weight is 321 g/mol. The van der Waals surface area contributed by atoms with Crippen LogP contribution in [0, 0.1) is 16.7 Å². The summed E-state index contributed by atoms with van der Waals surface area (Å²) in [6.07, 6.45) is 5.87. The van der Waals surface area contributed by atoms with Gasteiger partial charge in [-0.3, -0.25) is 0 Å². The number of para-hydroxylation sites is 1. The normalized spacial score (nSPS) is 17.1. The summed E-state index contributed by atoms with van der Waals surface area (Å²) in [4.78, 5) is 2.38. The van der Waals surface area contributed by atoms with Gasteiger partial charge in [-0.25, -0.2) is 0 Å². The van der Waals surface area contributed by atoms with Gasteiger partial charge in [0.05, 0.1) is 12.5 Å². The third-order valence-electron chi connectivity index (χ3n) is 4.09. The summed E-state index contributed by atoms with van der Waals surface area (Å²) in [6, 6.07) is 12.8. The van der Waals surface area contributed by atoms with Gasteiger partial charge in [-0.2, -0.15) is 5.26 Å². The summed E-state index contributed by atoms with van der Waals surface area (Å²) in [5.41, 5.74) is 1.63. The molecule has 1 aliphatic rings. The third kappa shape index (κ3) is 3.73. The van der Waals surface area contributed by atoms with E-state index in [4.69, 9.17) is 5.26 Å². The predicted octanol–water partition coefficient (Wildman–Crippen LogP) is 4.36. The number of nitrogens with zero attached hydrogens (tertiary/aromatic N) is 2. The molecular weight excluding hydrogens is 300 g/mol. The number of hydrogen-bond donors (Lipinski definition) is 0. The third-order valence-corrected chi connectivity index (χ3v) is 5.28. The fourth-order valence-electron chi connectivity index (χ4n) is 2.99. The molecule has 1 aliphatic carbocycles. The van der Waals surface area contributed by atoms with Crippen molar-refractivity contribution in [1.82, 2.24) is 0 Å². The van der Waals surface area contributed by atoms with Crippen molar-refractivity contribution in [2.75, 3.05) is 23.3 Å². The minimum absolute atomic E-state index is 0.394. The molecule has 0 heterocycles. The smallest absolute Gasteiger partial charge is 0.0640 e. The number of anilines is 1. The van der Waals surface area contributed by atoms with E-state index in [-0.39, 0.29) is 0 Å². The van der Waals surface area contributed by atoms with Gasteiger partial charge in [-0.15, -0.1) is 0 Å². The maximum atomic E-state index is 8.86. The van der Waals surface area contributed by atoms with Crippen molar-refractivity contribution in [1.29, 1.82) is 5.26 Å². The number of alkyl halides is 1. The largest absolute Gasteiger partial charge is 0.370 e. The predicted molar refractivity (Wildman–Crippen MR) is 83.6 cm³/mol.